The Labute approximate surface area is 132 Å². The maximum absolute atomic E-state index is 11.3. The molecule has 0 radical (unpaired) electrons. The van der Waals surface area contributed by atoms with Gasteiger partial charge in [-0.3, -0.25) is 10.1 Å². The normalized spacial score (nSPS) is 15.2. The van der Waals surface area contributed by atoms with Crippen molar-refractivity contribution in [3.63, 3.8) is 0 Å². The molecule has 7 nitrogen and oxygen atoms in total. The second kappa shape index (κ2) is 6.23. The van der Waals surface area contributed by atoms with Crippen molar-refractivity contribution in [2.75, 3.05) is 6.79 Å². The number of ether oxygens (including phenoxy) is 2. The molecule has 3 rings (SSSR count). The fourth-order valence-electron chi connectivity index (χ4n) is 2.56. The highest BCUT2D eigenvalue weighted by Gasteiger charge is 2.29. The van der Waals surface area contributed by atoms with Gasteiger partial charge in [-0.05, 0) is 11.6 Å². The Bertz CT molecular complexity index is 720. The van der Waals surface area contributed by atoms with Gasteiger partial charge in [0, 0.05) is 6.42 Å². The summed E-state index contributed by atoms with van der Waals surface area (Å²) in [5.74, 6) is 0.707. The Hall–Kier alpha value is -2.64. The molecule has 2 atom stereocenters. The molecule has 2 aromatic carbocycles. The zero-order chi connectivity index (χ0) is 16.4. The van der Waals surface area contributed by atoms with Crippen molar-refractivity contribution in [3.05, 3.63) is 63.7 Å². The first kappa shape index (κ1) is 15.3. The van der Waals surface area contributed by atoms with Crippen molar-refractivity contribution >= 4 is 5.69 Å². The minimum Gasteiger partial charge on any atom is -0.454 e. The Kier molecular flexibility index (Phi) is 4.14. The zero-order valence-electron chi connectivity index (χ0n) is 12.2. The number of nitro benzene ring substituents is 1. The molecule has 23 heavy (non-hydrogen) atoms. The van der Waals surface area contributed by atoms with Gasteiger partial charge in [0.15, 0.2) is 11.5 Å². The van der Waals surface area contributed by atoms with Crippen molar-refractivity contribution < 1.29 is 19.5 Å². The Morgan fingerprint density at radius 2 is 1.87 bits per heavy atom. The molecule has 0 saturated carbocycles. The molecule has 3 N–H and O–H groups in total. The van der Waals surface area contributed by atoms with Crippen LogP contribution >= 0.6 is 0 Å². The minimum atomic E-state index is -0.962. The first-order valence-electron chi connectivity index (χ1n) is 7.12. The number of benzene rings is 2. The van der Waals surface area contributed by atoms with Crippen molar-refractivity contribution in [1.29, 1.82) is 0 Å². The van der Waals surface area contributed by atoms with Gasteiger partial charge in [-0.15, -0.1) is 0 Å². The van der Waals surface area contributed by atoms with Crippen molar-refractivity contribution in [2.24, 2.45) is 5.73 Å². The molecule has 0 unspecified atom stereocenters. The van der Waals surface area contributed by atoms with Crippen LogP contribution in [0.25, 0.3) is 0 Å². The van der Waals surface area contributed by atoms with Crippen LogP contribution in [-0.4, -0.2) is 22.9 Å². The third kappa shape index (κ3) is 3.10. The predicted octanol–water partition coefficient (Wildman–Crippen LogP) is 1.93. The van der Waals surface area contributed by atoms with E-state index in [4.69, 9.17) is 15.2 Å². The van der Waals surface area contributed by atoms with Gasteiger partial charge in [-0.25, -0.2) is 0 Å². The number of nitrogens with zero attached hydrogens (tertiary/aromatic N) is 1. The molecule has 0 aliphatic carbocycles. The van der Waals surface area contributed by atoms with Crippen LogP contribution < -0.4 is 15.2 Å². The van der Waals surface area contributed by atoms with Gasteiger partial charge in [0.05, 0.1) is 28.7 Å². The number of hydrogen-bond donors (Lipinski definition) is 2. The molecule has 2 aromatic rings. The molecular formula is C16H16N2O5. The van der Waals surface area contributed by atoms with E-state index in [2.05, 4.69) is 0 Å². The standard InChI is InChI=1S/C16H16N2O5/c17-16(13(19)6-10-4-2-1-3-5-10)11-7-14-15(23-9-22-14)8-12(11)18(20)21/h1-5,7-8,13,16,19H,6,9,17H2/t13-,16+/m1/s1. The summed E-state index contributed by atoms with van der Waals surface area (Å²) < 4.78 is 10.4. The summed E-state index contributed by atoms with van der Waals surface area (Å²) in [6.45, 7) is 0.0117. The number of rotatable bonds is 5. The summed E-state index contributed by atoms with van der Waals surface area (Å²) in [4.78, 5) is 10.7. The molecular weight excluding hydrogens is 300 g/mol. The summed E-state index contributed by atoms with van der Waals surface area (Å²) in [6.07, 6.45) is -0.662. The molecule has 1 aliphatic heterocycles. The monoisotopic (exact) mass is 316 g/mol. The molecule has 0 fully saturated rings. The number of nitro groups is 1. The highest BCUT2D eigenvalue weighted by atomic mass is 16.7. The first-order valence-corrected chi connectivity index (χ1v) is 7.12. The Morgan fingerprint density at radius 1 is 1.22 bits per heavy atom. The van der Waals surface area contributed by atoms with Crippen LogP contribution in [0.3, 0.4) is 0 Å². The van der Waals surface area contributed by atoms with E-state index >= 15 is 0 Å². The first-order chi connectivity index (χ1) is 11.1. The van der Waals surface area contributed by atoms with E-state index in [0.717, 1.165) is 5.56 Å². The van der Waals surface area contributed by atoms with E-state index in [1.807, 2.05) is 30.3 Å². The van der Waals surface area contributed by atoms with E-state index in [9.17, 15) is 15.2 Å². The van der Waals surface area contributed by atoms with Gasteiger partial charge in [0.25, 0.3) is 5.69 Å². The molecule has 0 aromatic heterocycles. The van der Waals surface area contributed by atoms with Crippen LogP contribution in [0.4, 0.5) is 5.69 Å². The molecule has 0 saturated heterocycles. The highest BCUT2D eigenvalue weighted by molar-refractivity contribution is 5.56. The van der Waals surface area contributed by atoms with Gasteiger partial charge in [-0.2, -0.15) is 0 Å². The lowest BCUT2D eigenvalue weighted by Crippen LogP contribution is -2.28. The number of fused-ring (bicyclic) bond motifs is 1. The van der Waals surface area contributed by atoms with Gasteiger partial charge in [-0.1, -0.05) is 30.3 Å². The van der Waals surface area contributed by atoms with Gasteiger partial charge >= 0.3 is 0 Å². The number of nitrogens with two attached hydrogens (primary N) is 1. The quantitative estimate of drug-likeness (QED) is 0.644. The fourth-order valence-corrected chi connectivity index (χ4v) is 2.56. The van der Waals surface area contributed by atoms with Crippen molar-refractivity contribution in [3.8, 4) is 11.5 Å². The summed E-state index contributed by atoms with van der Waals surface area (Å²) in [6, 6.07) is 11.2. The van der Waals surface area contributed by atoms with E-state index in [-0.39, 0.29) is 18.0 Å². The van der Waals surface area contributed by atoms with Crippen LogP contribution in [0.15, 0.2) is 42.5 Å². The van der Waals surface area contributed by atoms with Crippen molar-refractivity contribution in [1.82, 2.24) is 0 Å². The van der Waals surface area contributed by atoms with E-state index in [1.165, 1.54) is 12.1 Å². The predicted molar refractivity (Wildman–Crippen MR) is 82.3 cm³/mol. The van der Waals surface area contributed by atoms with Crippen LogP contribution in [0, 0.1) is 10.1 Å². The van der Waals surface area contributed by atoms with Crippen molar-refractivity contribution in [2.45, 2.75) is 18.6 Å². The highest BCUT2D eigenvalue weighted by Crippen LogP contribution is 2.40. The maximum atomic E-state index is 11.3. The maximum Gasteiger partial charge on any atom is 0.278 e. The summed E-state index contributed by atoms with van der Waals surface area (Å²) >= 11 is 0. The SMILES string of the molecule is N[C@@H](c1cc2c(cc1[N+](=O)[O-])OCO2)[C@H](O)Cc1ccccc1. The number of aliphatic hydroxyl groups is 1. The lowest BCUT2D eigenvalue weighted by molar-refractivity contribution is -0.385. The van der Waals surface area contributed by atoms with Gasteiger partial charge in [0.1, 0.15) is 0 Å². The lowest BCUT2D eigenvalue weighted by Gasteiger charge is -2.19. The average molecular weight is 316 g/mol. The average Bonchev–Trinajstić information content (AvgIpc) is 3.01. The van der Waals surface area contributed by atoms with Crippen LogP contribution in [0.1, 0.15) is 17.2 Å². The van der Waals surface area contributed by atoms with E-state index in [1.54, 1.807) is 0 Å². The summed E-state index contributed by atoms with van der Waals surface area (Å²) in [7, 11) is 0. The molecule has 120 valence electrons. The molecule has 7 heteroatoms. The second-order valence-corrected chi connectivity index (χ2v) is 5.30. The van der Waals surface area contributed by atoms with Crippen LogP contribution in [0.2, 0.25) is 0 Å². The van der Waals surface area contributed by atoms with Gasteiger partial charge < -0.3 is 20.3 Å². The molecule has 1 heterocycles. The Balaban J connectivity index is 1.89. The van der Waals surface area contributed by atoms with E-state index < -0.39 is 17.1 Å². The topological polar surface area (TPSA) is 108 Å². The zero-order valence-corrected chi connectivity index (χ0v) is 12.2. The Morgan fingerprint density at radius 3 is 2.52 bits per heavy atom. The smallest absolute Gasteiger partial charge is 0.278 e. The third-order valence-corrected chi connectivity index (χ3v) is 3.78. The molecule has 1 aliphatic rings. The largest absolute Gasteiger partial charge is 0.454 e. The fraction of sp³-hybridized carbons (Fsp3) is 0.250. The summed E-state index contributed by atoms with van der Waals surface area (Å²) in [5, 5.41) is 21.6. The summed E-state index contributed by atoms with van der Waals surface area (Å²) in [5.41, 5.74) is 7.01. The van der Waals surface area contributed by atoms with Crippen LogP contribution in [0.5, 0.6) is 11.5 Å². The minimum absolute atomic E-state index is 0.0117. The number of aliphatic hydroxyl groups excluding tert-OH is 1. The third-order valence-electron chi connectivity index (χ3n) is 3.78. The molecule has 0 bridgehead atoms. The van der Waals surface area contributed by atoms with E-state index in [0.29, 0.717) is 17.9 Å². The number of hydrogen-bond acceptors (Lipinski definition) is 6. The lowest BCUT2D eigenvalue weighted by atomic mass is 9.95. The molecule has 0 spiro atoms. The van der Waals surface area contributed by atoms with Crippen LogP contribution in [-0.2, 0) is 6.42 Å². The second-order valence-electron chi connectivity index (χ2n) is 5.30. The molecule has 0 amide bonds. The van der Waals surface area contributed by atoms with Gasteiger partial charge in [0.2, 0.25) is 6.79 Å².